The molecular weight excluding hydrogens is 445 g/mol. The van der Waals surface area contributed by atoms with Gasteiger partial charge in [-0.15, -0.1) is 0 Å². The van der Waals surface area contributed by atoms with Gasteiger partial charge in [0.2, 0.25) is 0 Å². The Labute approximate surface area is 181 Å². The monoisotopic (exact) mass is 461 g/mol. The van der Waals surface area contributed by atoms with E-state index in [-0.39, 0.29) is 5.82 Å². The number of rotatable bonds is 5. The number of aromatic nitrogens is 2. The van der Waals surface area contributed by atoms with Crippen molar-refractivity contribution in [3.63, 3.8) is 0 Å². The highest BCUT2D eigenvalue weighted by Crippen LogP contribution is 2.29. The number of aryl methyl sites for hydroxylation is 1. The summed E-state index contributed by atoms with van der Waals surface area (Å²) in [4.78, 5) is 7.73. The minimum Gasteiger partial charge on any atom is -0.488 e. The molecule has 4 nitrogen and oxygen atoms in total. The lowest BCUT2D eigenvalue weighted by atomic mass is 10.1. The zero-order valence-electron chi connectivity index (χ0n) is 16.1. The Morgan fingerprint density at radius 1 is 1.17 bits per heavy atom. The number of fused-ring (bicyclic) bond motifs is 1. The summed E-state index contributed by atoms with van der Waals surface area (Å²) in [6.45, 7) is 2.34. The van der Waals surface area contributed by atoms with E-state index in [0.717, 1.165) is 32.2 Å². The molecule has 0 aliphatic rings. The first kappa shape index (κ1) is 19.9. The SMILES string of the molecule is Cc1ccc2nc(/C(C#N)=C/c3ccc(OCc4ccc(F)cc4)c(Br)c3)[nH]c2c1. The van der Waals surface area contributed by atoms with Gasteiger partial charge in [-0.1, -0.05) is 24.3 Å². The molecule has 148 valence electrons. The second kappa shape index (κ2) is 8.52. The number of ether oxygens (including phenoxy) is 1. The van der Waals surface area contributed by atoms with Crippen LogP contribution in [0.2, 0.25) is 0 Å². The summed E-state index contributed by atoms with van der Waals surface area (Å²) in [6, 6.07) is 19.9. The van der Waals surface area contributed by atoms with Gasteiger partial charge in [-0.2, -0.15) is 5.26 Å². The number of nitrogens with zero attached hydrogens (tertiary/aromatic N) is 2. The molecule has 1 heterocycles. The van der Waals surface area contributed by atoms with E-state index >= 15 is 0 Å². The van der Waals surface area contributed by atoms with Crippen molar-refractivity contribution in [2.45, 2.75) is 13.5 Å². The molecular formula is C24H17BrFN3O. The number of halogens is 2. The zero-order valence-corrected chi connectivity index (χ0v) is 17.7. The third kappa shape index (κ3) is 4.42. The van der Waals surface area contributed by atoms with Crippen molar-refractivity contribution in [3.8, 4) is 11.8 Å². The molecule has 0 radical (unpaired) electrons. The van der Waals surface area contributed by atoms with Crippen molar-refractivity contribution in [1.82, 2.24) is 9.97 Å². The van der Waals surface area contributed by atoms with Gasteiger partial charge in [-0.3, -0.25) is 0 Å². The number of H-pyrrole nitrogens is 1. The van der Waals surface area contributed by atoms with E-state index in [1.807, 2.05) is 43.3 Å². The van der Waals surface area contributed by atoms with Crippen LogP contribution in [0.1, 0.15) is 22.5 Å². The highest BCUT2D eigenvalue weighted by atomic mass is 79.9. The number of allylic oxidation sites excluding steroid dienone is 1. The highest BCUT2D eigenvalue weighted by molar-refractivity contribution is 9.10. The predicted molar refractivity (Wildman–Crippen MR) is 119 cm³/mol. The number of aromatic amines is 1. The molecule has 4 rings (SSSR count). The van der Waals surface area contributed by atoms with Gasteiger partial charge in [0.1, 0.15) is 30.1 Å². The Kier molecular flexibility index (Phi) is 5.64. The largest absolute Gasteiger partial charge is 0.488 e. The van der Waals surface area contributed by atoms with Crippen molar-refractivity contribution in [2.75, 3.05) is 0 Å². The van der Waals surface area contributed by atoms with Gasteiger partial charge in [-0.05, 0) is 82.0 Å². The Morgan fingerprint density at radius 2 is 1.97 bits per heavy atom. The Balaban J connectivity index is 1.55. The number of imidazole rings is 1. The van der Waals surface area contributed by atoms with Crippen molar-refractivity contribution in [1.29, 1.82) is 5.26 Å². The normalized spacial score (nSPS) is 11.5. The molecule has 0 bridgehead atoms. The van der Waals surface area contributed by atoms with E-state index in [1.165, 1.54) is 12.1 Å². The Hall–Kier alpha value is -3.43. The summed E-state index contributed by atoms with van der Waals surface area (Å²) in [5.41, 5.74) is 5.00. The molecule has 0 unspecified atom stereocenters. The Bertz CT molecular complexity index is 1290. The third-order valence-corrected chi connectivity index (χ3v) is 5.21. The fourth-order valence-electron chi connectivity index (χ4n) is 3.04. The van der Waals surface area contributed by atoms with E-state index in [1.54, 1.807) is 18.2 Å². The molecule has 1 aromatic heterocycles. The average molecular weight is 462 g/mol. The average Bonchev–Trinajstić information content (AvgIpc) is 3.15. The maximum Gasteiger partial charge on any atom is 0.149 e. The maximum absolute atomic E-state index is 13.0. The standard InChI is InChI=1S/C24H17BrFN3O/c1-15-2-8-21-22(10-15)29-24(28-21)18(13-27)11-17-5-9-23(20(25)12-17)30-14-16-3-6-19(26)7-4-16/h2-12H,14H2,1H3,(H,28,29)/b18-11+. The second-order valence-electron chi connectivity index (χ2n) is 6.88. The summed E-state index contributed by atoms with van der Waals surface area (Å²) in [7, 11) is 0. The van der Waals surface area contributed by atoms with Gasteiger partial charge in [-0.25, -0.2) is 9.37 Å². The van der Waals surface area contributed by atoms with E-state index in [0.29, 0.717) is 23.8 Å². The highest BCUT2D eigenvalue weighted by Gasteiger charge is 2.09. The predicted octanol–water partition coefficient (Wildman–Crippen LogP) is 6.42. The van der Waals surface area contributed by atoms with Gasteiger partial charge in [0, 0.05) is 0 Å². The van der Waals surface area contributed by atoms with Gasteiger partial charge >= 0.3 is 0 Å². The van der Waals surface area contributed by atoms with Crippen LogP contribution in [0, 0.1) is 24.1 Å². The summed E-state index contributed by atoms with van der Waals surface area (Å²) >= 11 is 3.52. The molecule has 3 aromatic carbocycles. The van der Waals surface area contributed by atoms with Crippen LogP contribution in [0.15, 0.2) is 65.1 Å². The number of benzene rings is 3. The van der Waals surface area contributed by atoms with E-state index in [9.17, 15) is 9.65 Å². The minimum absolute atomic E-state index is 0.274. The second-order valence-corrected chi connectivity index (χ2v) is 7.74. The van der Waals surface area contributed by atoms with Crippen molar-refractivity contribution < 1.29 is 9.13 Å². The lowest BCUT2D eigenvalue weighted by Gasteiger charge is -2.09. The van der Waals surface area contributed by atoms with E-state index in [2.05, 4.69) is 32.0 Å². The lowest BCUT2D eigenvalue weighted by molar-refractivity contribution is 0.304. The number of nitrogens with one attached hydrogen (secondary N) is 1. The van der Waals surface area contributed by atoms with E-state index in [4.69, 9.17) is 4.74 Å². The zero-order chi connectivity index (χ0) is 21.1. The first-order chi connectivity index (χ1) is 14.5. The fourth-order valence-corrected chi connectivity index (χ4v) is 3.55. The molecule has 0 fully saturated rings. The quantitative estimate of drug-likeness (QED) is 0.349. The van der Waals surface area contributed by atoms with Gasteiger partial charge in [0.05, 0.1) is 21.1 Å². The van der Waals surface area contributed by atoms with Crippen LogP contribution >= 0.6 is 15.9 Å². The van der Waals surface area contributed by atoms with Crippen LogP contribution < -0.4 is 4.74 Å². The molecule has 0 spiro atoms. The number of hydrogen-bond donors (Lipinski definition) is 1. The lowest BCUT2D eigenvalue weighted by Crippen LogP contribution is -1.96. The van der Waals surface area contributed by atoms with Crippen LogP contribution in [0.4, 0.5) is 4.39 Å². The van der Waals surface area contributed by atoms with Gasteiger partial charge in [0.25, 0.3) is 0 Å². The van der Waals surface area contributed by atoms with Crippen LogP contribution in [-0.4, -0.2) is 9.97 Å². The van der Waals surface area contributed by atoms with Crippen LogP contribution in [-0.2, 0) is 6.61 Å². The first-order valence-corrected chi connectivity index (χ1v) is 10.1. The summed E-state index contributed by atoms with van der Waals surface area (Å²) in [5, 5.41) is 9.63. The third-order valence-electron chi connectivity index (χ3n) is 4.59. The number of hydrogen-bond acceptors (Lipinski definition) is 3. The molecule has 0 amide bonds. The van der Waals surface area contributed by atoms with Crippen molar-refractivity contribution in [2.24, 2.45) is 0 Å². The van der Waals surface area contributed by atoms with Crippen molar-refractivity contribution >= 4 is 38.6 Å². The molecule has 0 saturated heterocycles. The van der Waals surface area contributed by atoms with Gasteiger partial charge in [0.15, 0.2) is 0 Å². The molecule has 0 saturated carbocycles. The molecule has 30 heavy (non-hydrogen) atoms. The molecule has 0 aliphatic carbocycles. The van der Waals surface area contributed by atoms with E-state index < -0.39 is 0 Å². The smallest absolute Gasteiger partial charge is 0.149 e. The van der Waals surface area contributed by atoms with Crippen LogP contribution in [0.5, 0.6) is 5.75 Å². The maximum atomic E-state index is 13.0. The van der Waals surface area contributed by atoms with Crippen molar-refractivity contribution in [3.05, 3.63) is 93.5 Å². The summed E-state index contributed by atoms with van der Waals surface area (Å²) in [6.07, 6.45) is 1.78. The molecule has 4 aromatic rings. The number of nitriles is 1. The van der Waals surface area contributed by atoms with Crippen LogP contribution in [0.3, 0.4) is 0 Å². The summed E-state index contributed by atoms with van der Waals surface area (Å²) in [5.74, 6) is 0.920. The molecule has 6 heteroatoms. The fraction of sp³-hybridized carbons (Fsp3) is 0.0833. The minimum atomic E-state index is -0.274. The molecule has 0 aliphatic heterocycles. The molecule has 0 atom stereocenters. The summed E-state index contributed by atoms with van der Waals surface area (Å²) < 4.78 is 19.6. The molecule has 1 N–H and O–H groups in total. The van der Waals surface area contributed by atoms with Gasteiger partial charge < -0.3 is 9.72 Å². The first-order valence-electron chi connectivity index (χ1n) is 9.27. The Morgan fingerprint density at radius 3 is 2.70 bits per heavy atom. The van der Waals surface area contributed by atoms with Crippen LogP contribution in [0.25, 0.3) is 22.7 Å². The topological polar surface area (TPSA) is 61.7 Å².